The van der Waals surface area contributed by atoms with E-state index in [9.17, 15) is 9.59 Å². The van der Waals surface area contributed by atoms with Crippen LogP contribution < -0.4 is 15.6 Å². The number of carbonyl (C=O) groups excluding carboxylic acids is 1. The number of aromatic nitrogens is 1. The number of aromatic amines is 1. The van der Waals surface area contributed by atoms with Crippen LogP contribution in [0.25, 0.3) is 10.9 Å². The molecule has 23 heavy (non-hydrogen) atoms. The van der Waals surface area contributed by atoms with Gasteiger partial charge in [-0.05, 0) is 42.1 Å². The highest BCUT2D eigenvalue weighted by Crippen LogP contribution is 2.13. The first kappa shape index (κ1) is 14.8. The van der Waals surface area contributed by atoms with Crippen molar-refractivity contribution in [2.45, 2.75) is 13.5 Å². The fourth-order valence-corrected chi connectivity index (χ4v) is 2.29. The average molecular weight is 308 g/mol. The van der Waals surface area contributed by atoms with Crippen LogP contribution in [-0.2, 0) is 6.54 Å². The van der Waals surface area contributed by atoms with Crippen molar-refractivity contribution in [3.05, 3.63) is 76.1 Å². The zero-order valence-corrected chi connectivity index (χ0v) is 12.6. The molecule has 0 bridgehead atoms. The Hall–Kier alpha value is -3.08. The Morgan fingerprint density at radius 1 is 1.13 bits per heavy atom. The Labute approximate surface area is 132 Å². The van der Waals surface area contributed by atoms with E-state index in [2.05, 4.69) is 10.3 Å². The summed E-state index contributed by atoms with van der Waals surface area (Å²) in [6, 6.07) is 16.4. The minimum atomic E-state index is -0.598. The van der Waals surface area contributed by atoms with Gasteiger partial charge in [-0.3, -0.25) is 4.79 Å². The summed E-state index contributed by atoms with van der Waals surface area (Å²) in [7, 11) is 0. The number of ether oxygens (including phenoxy) is 1. The van der Waals surface area contributed by atoms with Crippen molar-refractivity contribution in [2.24, 2.45) is 0 Å². The first-order chi connectivity index (χ1) is 11.1. The monoisotopic (exact) mass is 308 g/mol. The van der Waals surface area contributed by atoms with Gasteiger partial charge >= 0.3 is 6.09 Å². The van der Waals surface area contributed by atoms with Crippen molar-refractivity contribution in [1.29, 1.82) is 0 Å². The zero-order valence-electron chi connectivity index (χ0n) is 12.6. The molecule has 0 saturated carbocycles. The molecule has 0 aliphatic rings. The molecule has 2 N–H and O–H groups in total. The van der Waals surface area contributed by atoms with Crippen LogP contribution in [0.4, 0.5) is 4.79 Å². The molecule has 0 fully saturated rings. The van der Waals surface area contributed by atoms with Gasteiger partial charge in [0.1, 0.15) is 5.75 Å². The van der Waals surface area contributed by atoms with Gasteiger partial charge in [0, 0.05) is 11.1 Å². The molecule has 116 valence electrons. The molecule has 0 atom stereocenters. The van der Waals surface area contributed by atoms with Crippen LogP contribution >= 0.6 is 0 Å². The van der Waals surface area contributed by atoms with Crippen molar-refractivity contribution in [1.82, 2.24) is 10.3 Å². The lowest BCUT2D eigenvalue weighted by Gasteiger charge is -2.07. The molecule has 5 nitrogen and oxygen atoms in total. The largest absolute Gasteiger partial charge is 0.412 e. The summed E-state index contributed by atoms with van der Waals surface area (Å²) in [6.45, 7) is 2.07. The number of hydrogen-bond acceptors (Lipinski definition) is 3. The predicted molar refractivity (Wildman–Crippen MR) is 88.6 cm³/mol. The minimum Gasteiger partial charge on any atom is -0.410 e. The maximum atomic E-state index is 12.1. The van der Waals surface area contributed by atoms with Gasteiger partial charge in [-0.25, -0.2) is 4.79 Å². The number of nitrogens with one attached hydrogen (secondary N) is 2. The third kappa shape index (κ3) is 3.58. The highest BCUT2D eigenvalue weighted by molar-refractivity contribution is 5.79. The molecular formula is C18H16N2O3. The van der Waals surface area contributed by atoms with Crippen LogP contribution in [0.3, 0.4) is 0 Å². The minimum absolute atomic E-state index is 0.102. The maximum absolute atomic E-state index is 12.1. The standard InChI is InChI=1S/C18H16N2O3/c1-12-7-8-13-10-14(17(21)20-16(13)9-12)11-19-18(22)23-15-5-3-2-4-6-15/h2-10H,11H2,1H3,(H,19,22)(H,20,21). The van der Waals surface area contributed by atoms with Crippen molar-refractivity contribution >= 4 is 17.0 Å². The number of pyridine rings is 1. The van der Waals surface area contributed by atoms with Crippen LogP contribution in [-0.4, -0.2) is 11.1 Å². The molecule has 0 unspecified atom stereocenters. The summed E-state index contributed by atoms with van der Waals surface area (Å²) >= 11 is 0. The molecule has 3 aromatic rings. The van der Waals surface area contributed by atoms with Gasteiger partial charge in [-0.1, -0.05) is 30.3 Å². The number of H-pyrrole nitrogens is 1. The number of benzene rings is 2. The summed E-state index contributed by atoms with van der Waals surface area (Å²) in [5.74, 6) is 0.452. The third-order valence-electron chi connectivity index (χ3n) is 3.46. The Morgan fingerprint density at radius 2 is 1.91 bits per heavy atom. The molecule has 1 amide bonds. The van der Waals surface area contributed by atoms with Crippen molar-refractivity contribution in [2.75, 3.05) is 0 Å². The first-order valence-electron chi connectivity index (χ1n) is 7.25. The summed E-state index contributed by atoms with van der Waals surface area (Å²) < 4.78 is 5.12. The quantitative estimate of drug-likeness (QED) is 0.781. The molecule has 1 heterocycles. The lowest BCUT2D eigenvalue weighted by Crippen LogP contribution is -2.29. The topological polar surface area (TPSA) is 71.2 Å². The molecule has 0 spiro atoms. The summed E-state index contributed by atoms with van der Waals surface area (Å²) in [5.41, 5.74) is 2.12. The van der Waals surface area contributed by atoms with Gasteiger partial charge in [0.15, 0.2) is 0 Å². The van der Waals surface area contributed by atoms with E-state index in [0.717, 1.165) is 16.5 Å². The van der Waals surface area contributed by atoms with E-state index in [0.29, 0.717) is 11.3 Å². The van der Waals surface area contributed by atoms with E-state index in [1.54, 1.807) is 30.3 Å². The van der Waals surface area contributed by atoms with Gasteiger partial charge in [0.25, 0.3) is 5.56 Å². The molecule has 1 aromatic heterocycles. The third-order valence-corrected chi connectivity index (χ3v) is 3.46. The highest BCUT2D eigenvalue weighted by atomic mass is 16.6. The summed E-state index contributed by atoms with van der Waals surface area (Å²) in [6.07, 6.45) is -0.598. The van der Waals surface area contributed by atoms with Gasteiger partial charge in [-0.15, -0.1) is 0 Å². The molecule has 0 saturated heterocycles. The number of fused-ring (bicyclic) bond motifs is 1. The number of carbonyl (C=O) groups is 1. The zero-order chi connectivity index (χ0) is 16.2. The van der Waals surface area contributed by atoms with Crippen LogP contribution in [0.2, 0.25) is 0 Å². The van der Waals surface area contributed by atoms with Crippen molar-refractivity contribution in [3.63, 3.8) is 0 Å². The van der Waals surface area contributed by atoms with E-state index in [4.69, 9.17) is 4.74 Å². The average Bonchev–Trinajstić information content (AvgIpc) is 2.54. The lowest BCUT2D eigenvalue weighted by molar-refractivity contribution is 0.200. The molecule has 3 rings (SSSR count). The fraction of sp³-hybridized carbons (Fsp3) is 0.111. The number of amides is 1. The second-order valence-electron chi connectivity index (χ2n) is 5.27. The van der Waals surface area contributed by atoms with E-state index in [1.165, 1.54) is 0 Å². The lowest BCUT2D eigenvalue weighted by atomic mass is 10.1. The van der Waals surface area contributed by atoms with Gasteiger partial charge in [0.05, 0.1) is 6.54 Å². The maximum Gasteiger partial charge on any atom is 0.412 e. The second kappa shape index (κ2) is 6.36. The van der Waals surface area contributed by atoms with Crippen LogP contribution in [0, 0.1) is 6.92 Å². The molecule has 0 radical (unpaired) electrons. The molecule has 2 aromatic carbocycles. The number of aryl methyl sites for hydroxylation is 1. The Bertz CT molecular complexity index is 901. The van der Waals surface area contributed by atoms with E-state index < -0.39 is 6.09 Å². The Balaban J connectivity index is 1.71. The van der Waals surface area contributed by atoms with Crippen molar-refractivity contribution in [3.8, 4) is 5.75 Å². The smallest absolute Gasteiger partial charge is 0.410 e. The van der Waals surface area contributed by atoms with Crippen LogP contribution in [0.15, 0.2) is 59.4 Å². The summed E-state index contributed by atoms with van der Waals surface area (Å²) in [4.78, 5) is 26.7. The number of hydrogen-bond donors (Lipinski definition) is 2. The van der Waals surface area contributed by atoms with E-state index in [1.807, 2.05) is 31.2 Å². The highest BCUT2D eigenvalue weighted by Gasteiger charge is 2.07. The van der Waals surface area contributed by atoms with Crippen LogP contribution in [0.1, 0.15) is 11.1 Å². The molecule has 5 heteroatoms. The van der Waals surface area contributed by atoms with Gasteiger partial charge < -0.3 is 15.0 Å². The SMILES string of the molecule is Cc1ccc2cc(CNC(=O)Oc3ccccc3)c(=O)[nH]c2c1. The van der Waals surface area contributed by atoms with Gasteiger partial charge in [-0.2, -0.15) is 0 Å². The van der Waals surface area contributed by atoms with E-state index in [-0.39, 0.29) is 12.1 Å². The predicted octanol–water partition coefficient (Wildman–Crippen LogP) is 3.13. The van der Waals surface area contributed by atoms with Crippen LogP contribution in [0.5, 0.6) is 5.75 Å². The van der Waals surface area contributed by atoms with Gasteiger partial charge in [0.2, 0.25) is 0 Å². The summed E-state index contributed by atoms with van der Waals surface area (Å²) in [5, 5.41) is 3.50. The Morgan fingerprint density at radius 3 is 2.70 bits per heavy atom. The van der Waals surface area contributed by atoms with Crippen molar-refractivity contribution < 1.29 is 9.53 Å². The molecule has 0 aliphatic carbocycles. The second-order valence-corrected chi connectivity index (χ2v) is 5.27. The molecular weight excluding hydrogens is 292 g/mol. The molecule has 0 aliphatic heterocycles. The first-order valence-corrected chi connectivity index (χ1v) is 7.25. The normalized spacial score (nSPS) is 10.5. The van der Waals surface area contributed by atoms with E-state index >= 15 is 0 Å². The fourth-order valence-electron chi connectivity index (χ4n) is 2.29. The number of rotatable bonds is 3. The Kier molecular flexibility index (Phi) is 4.10. The number of para-hydroxylation sites is 1.